The van der Waals surface area contributed by atoms with Crippen LogP contribution in [0.2, 0.25) is 0 Å². The largest absolute Gasteiger partial charge is 0.444 e. The van der Waals surface area contributed by atoms with Crippen molar-refractivity contribution in [1.29, 1.82) is 0 Å². The van der Waals surface area contributed by atoms with Crippen LogP contribution in [0.1, 0.15) is 60.8 Å². The molecule has 3 atom stereocenters. The molecule has 0 bridgehead atoms. The zero-order valence-electron chi connectivity index (χ0n) is 19.4. The van der Waals surface area contributed by atoms with E-state index in [-0.39, 0.29) is 29.1 Å². The normalized spacial score (nSPS) is 22.9. The minimum absolute atomic E-state index is 0.136. The van der Waals surface area contributed by atoms with Gasteiger partial charge in [0.2, 0.25) is 0 Å². The topological polar surface area (TPSA) is 57.2 Å². The summed E-state index contributed by atoms with van der Waals surface area (Å²) in [6, 6.07) is 11.8. The molecule has 3 unspecified atom stereocenters. The summed E-state index contributed by atoms with van der Waals surface area (Å²) in [6.07, 6.45) is 5.97. The number of carbonyl (C=O) groups excluding carboxylic acids is 1. The molecule has 1 heterocycles. The number of nitrogens with zero attached hydrogens (tertiary/aromatic N) is 1. The highest BCUT2D eigenvalue weighted by atomic mass is 16.6. The lowest BCUT2D eigenvalue weighted by atomic mass is 9.57. The minimum Gasteiger partial charge on any atom is -0.444 e. The van der Waals surface area contributed by atoms with E-state index in [9.17, 15) is 4.79 Å². The highest BCUT2D eigenvalue weighted by Crippen LogP contribution is 2.49. The number of hydrogen-bond acceptors (Lipinski definition) is 3. The van der Waals surface area contributed by atoms with Crippen molar-refractivity contribution >= 4 is 6.09 Å². The first-order valence-electron chi connectivity index (χ1n) is 11.2. The summed E-state index contributed by atoms with van der Waals surface area (Å²) >= 11 is 0. The van der Waals surface area contributed by atoms with Crippen LogP contribution in [0.15, 0.2) is 48.8 Å². The van der Waals surface area contributed by atoms with Crippen LogP contribution in [0.3, 0.4) is 0 Å². The predicted molar refractivity (Wildman–Crippen MR) is 123 cm³/mol. The Morgan fingerprint density at radius 1 is 1.00 bits per heavy atom. The highest BCUT2D eigenvalue weighted by Gasteiger charge is 2.46. The van der Waals surface area contributed by atoms with E-state index in [0.717, 1.165) is 30.4 Å². The SMILES string of the molecule is CC(C)(C)C(C1CCCC(OC(=O)n2ccc(-c3ccccc3)c2)C1N)C(C)(C)C. The second-order valence-electron chi connectivity index (χ2n) is 11.0. The van der Waals surface area contributed by atoms with Gasteiger partial charge in [-0.15, -0.1) is 0 Å². The molecule has 1 aromatic carbocycles. The Morgan fingerprint density at radius 3 is 2.23 bits per heavy atom. The van der Waals surface area contributed by atoms with Crippen molar-refractivity contribution in [3.8, 4) is 11.1 Å². The summed E-state index contributed by atoms with van der Waals surface area (Å²) in [5.41, 5.74) is 9.11. The smallest absolute Gasteiger partial charge is 0.418 e. The van der Waals surface area contributed by atoms with Crippen molar-refractivity contribution in [3.05, 3.63) is 48.8 Å². The first kappa shape index (κ1) is 22.6. The van der Waals surface area contributed by atoms with Gasteiger partial charge in [0, 0.05) is 18.4 Å². The van der Waals surface area contributed by atoms with Crippen molar-refractivity contribution in [2.45, 2.75) is 73.0 Å². The van der Waals surface area contributed by atoms with Crippen molar-refractivity contribution < 1.29 is 9.53 Å². The third kappa shape index (κ3) is 4.97. The Balaban J connectivity index is 1.74. The quantitative estimate of drug-likeness (QED) is 0.642. The van der Waals surface area contributed by atoms with Crippen LogP contribution >= 0.6 is 0 Å². The standard InChI is InChI=1S/C26H38N2O2/c1-25(2,3)23(26(4,5)6)20-13-10-14-21(22(20)27)30-24(29)28-16-15-19(17-28)18-11-8-7-9-12-18/h7-9,11-12,15-17,20-23H,10,13-14,27H2,1-6H3. The second-order valence-corrected chi connectivity index (χ2v) is 11.0. The Hall–Kier alpha value is -2.07. The molecule has 0 radical (unpaired) electrons. The molecule has 0 spiro atoms. The summed E-state index contributed by atoms with van der Waals surface area (Å²) in [5, 5.41) is 0. The zero-order chi connectivity index (χ0) is 22.1. The van der Waals surface area contributed by atoms with Gasteiger partial charge in [-0.2, -0.15) is 0 Å². The summed E-state index contributed by atoms with van der Waals surface area (Å²) in [6.45, 7) is 13.8. The van der Waals surface area contributed by atoms with E-state index in [0.29, 0.717) is 11.8 Å². The van der Waals surface area contributed by atoms with Crippen LogP contribution in [-0.4, -0.2) is 22.8 Å². The molecule has 0 saturated heterocycles. The molecule has 1 fully saturated rings. The van der Waals surface area contributed by atoms with Crippen molar-refractivity contribution in [2.75, 3.05) is 0 Å². The molecule has 1 aliphatic carbocycles. The van der Waals surface area contributed by atoms with E-state index >= 15 is 0 Å². The van der Waals surface area contributed by atoms with Crippen molar-refractivity contribution in [3.63, 3.8) is 0 Å². The Labute approximate surface area is 181 Å². The molecule has 0 aliphatic heterocycles. The maximum absolute atomic E-state index is 12.9. The maximum Gasteiger partial charge on any atom is 0.418 e. The summed E-state index contributed by atoms with van der Waals surface area (Å²) in [4.78, 5) is 12.9. The average Bonchev–Trinajstić information content (AvgIpc) is 3.14. The monoisotopic (exact) mass is 410 g/mol. The molecule has 30 heavy (non-hydrogen) atoms. The molecule has 1 saturated carbocycles. The fraction of sp³-hybridized carbons (Fsp3) is 0.577. The lowest BCUT2D eigenvalue weighted by Crippen LogP contribution is -2.54. The number of ether oxygens (including phenoxy) is 1. The third-order valence-corrected chi connectivity index (χ3v) is 6.51. The van der Waals surface area contributed by atoms with Gasteiger partial charge in [-0.3, -0.25) is 4.57 Å². The first-order chi connectivity index (χ1) is 14.0. The van der Waals surface area contributed by atoms with E-state index < -0.39 is 0 Å². The summed E-state index contributed by atoms with van der Waals surface area (Å²) in [7, 11) is 0. The van der Waals surface area contributed by atoms with E-state index in [2.05, 4.69) is 41.5 Å². The second kappa shape index (κ2) is 8.58. The van der Waals surface area contributed by atoms with Gasteiger partial charge in [0.05, 0.1) is 0 Å². The minimum atomic E-state index is -0.346. The number of benzene rings is 1. The summed E-state index contributed by atoms with van der Waals surface area (Å²) in [5.74, 6) is 0.777. The van der Waals surface area contributed by atoms with Gasteiger partial charge in [0.25, 0.3) is 0 Å². The number of hydrogen-bond donors (Lipinski definition) is 1. The third-order valence-electron chi connectivity index (χ3n) is 6.51. The van der Waals surface area contributed by atoms with Crippen LogP contribution in [0.25, 0.3) is 11.1 Å². The number of nitrogens with two attached hydrogens (primary N) is 1. The van der Waals surface area contributed by atoms with E-state index in [1.54, 1.807) is 6.20 Å². The predicted octanol–water partition coefficient (Wildman–Crippen LogP) is 6.34. The molecule has 2 N–H and O–H groups in total. The fourth-order valence-corrected chi connectivity index (χ4v) is 5.83. The Bertz CT molecular complexity index is 828. The number of aromatic nitrogens is 1. The Morgan fingerprint density at radius 2 is 1.63 bits per heavy atom. The van der Waals surface area contributed by atoms with Crippen LogP contribution in [0.4, 0.5) is 4.79 Å². The molecule has 0 amide bonds. The number of rotatable bonds is 3. The van der Waals surface area contributed by atoms with Gasteiger partial charge >= 0.3 is 6.09 Å². The van der Waals surface area contributed by atoms with E-state index in [4.69, 9.17) is 10.5 Å². The Kier molecular flexibility index (Phi) is 6.47. The molecule has 164 valence electrons. The van der Waals surface area contributed by atoms with Gasteiger partial charge in [-0.25, -0.2) is 4.79 Å². The van der Waals surface area contributed by atoms with Crippen LogP contribution in [-0.2, 0) is 4.74 Å². The fourth-order valence-electron chi connectivity index (χ4n) is 5.83. The molecule has 4 nitrogen and oxygen atoms in total. The molecule has 1 aromatic heterocycles. The van der Waals surface area contributed by atoms with Gasteiger partial charge in [0.1, 0.15) is 6.10 Å². The lowest BCUT2D eigenvalue weighted by molar-refractivity contribution is -0.0286. The molecule has 4 heteroatoms. The van der Waals surface area contributed by atoms with Gasteiger partial charge < -0.3 is 10.5 Å². The molecule has 3 rings (SSSR count). The van der Waals surface area contributed by atoms with E-state index in [1.807, 2.05) is 42.6 Å². The molecular weight excluding hydrogens is 372 g/mol. The van der Waals surface area contributed by atoms with Crippen molar-refractivity contribution in [2.24, 2.45) is 28.4 Å². The highest BCUT2D eigenvalue weighted by molar-refractivity contribution is 5.74. The molecule has 2 aromatic rings. The maximum atomic E-state index is 12.9. The summed E-state index contributed by atoms with van der Waals surface area (Å²) < 4.78 is 7.48. The van der Waals surface area contributed by atoms with E-state index in [1.165, 1.54) is 4.57 Å². The first-order valence-corrected chi connectivity index (χ1v) is 11.2. The van der Waals surface area contributed by atoms with Gasteiger partial charge in [-0.1, -0.05) is 71.9 Å². The van der Waals surface area contributed by atoms with Crippen LogP contribution < -0.4 is 5.73 Å². The van der Waals surface area contributed by atoms with Crippen LogP contribution in [0.5, 0.6) is 0 Å². The molecular formula is C26H38N2O2. The average molecular weight is 411 g/mol. The molecule has 1 aliphatic rings. The van der Waals surface area contributed by atoms with Crippen molar-refractivity contribution in [1.82, 2.24) is 4.57 Å². The van der Waals surface area contributed by atoms with Gasteiger partial charge in [0.15, 0.2) is 0 Å². The van der Waals surface area contributed by atoms with Gasteiger partial charge in [-0.05, 0) is 59.1 Å². The van der Waals surface area contributed by atoms with Crippen LogP contribution in [0, 0.1) is 22.7 Å². The number of carbonyl (C=O) groups is 1. The lowest BCUT2D eigenvalue weighted by Gasteiger charge is -2.50. The zero-order valence-corrected chi connectivity index (χ0v) is 19.4.